The first-order valence-electron chi connectivity index (χ1n) is 8.49. The molecular formula is C20H20N2O5. The highest BCUT2D eigenvalue weighted by molar-refractivity contribution is 5.92. The number of nitro groups is 1. The predicted octanol–water partition coefficient (Wildman–Crippen LogP) is 3.69. The molecule has 0 bridgehead atoms. The molecular weight excluding hydrogens is 348 g/mol. The van der Waals surface area contributed by atoms with Crippen molar-refractivity contribution in [1.82, 2.24) is 4.90 Å². The van der Waals surface area contributed by atoms with E-state index in [-0.39, 0.29) is 31.0 Å². The summed E-state index contributed by atoms with van der Waals surface area (Å²) < 4.78 is 10.7. The van der Waals surface area contributed by atoms with Gasteiger partial charge in [-0.15, -0.1) is 0 Å². The van der Waals surface area contributed by atoms with Crippen molar-refractivity contribution in [3.8, 4) is 5.75 Å². The van der Waals surface area contributed by atoms with Gasteiger partial charge in [0, 0.05) is 36.4 Å². The van der Waals surface area contributed by atoms with Crippen molar-refractivity contribution in [1.29, 1.82) is 0 Å². The van der Waals surface area contributed by atoms with Gasteiger partial charge in [0.2, 0.25) is 5.91 Å². The molecule has 1 unspecified atom stereocenters. The number of carbonyl (C=O) groups excluding carboxylic acids is 1. The van der Waals surface area contributed by atoms with Crippen molar-refractivity contribution < 1.29 is 19.2 Å². The maximum absolute atomic E-state index is 12.6. The second kappa shape index (κ2) is 8.01. The zero-order valence-electron chi connectivity index (χ0n) is 15.1. The number of hydrogen-bond donors (Lipinski definition) is 0. The second-order valence-corrected chi connectivity index (χ2v) is 6.26. The Morgan fingerprint density at radius 3 is 2.74 bits per heavy atom. The summed E-state index contributed by atoms with van der Waals surface area (Å²) in [5.74, 6) is 0.299. The van der Waals surface area contributed by atoms with E-state index in [1.165, 1.54) is 18.2 Å². The third-order valence-electron chi connectivity index (χ3n) is 4.55. The average Bonchev–Trinajstić information content (AvgIpc) is 2.70. The number of rotatable bonds is 5. The number of hydrogen-bond acceptors (Lipinski definition) is 5. The molecule has 0 aliphatic carbocycles. The number of carbonyl (C=O) groups is 1. The van der Waals surface area contributed by atoms with Crippen LogP contribution in [0, 0.1) is 10.1 Å². The van der Waals surface area contributed by atoms with E-state index in [9.17, 15) is 14.9 Å². The first-order valence-corrected chi connectivity index (χ1v) is 8.49. The number of benzene rings is 2. The molecule has 7 nitrogen and oxygen atoms in total. The summed E-state index contributed by atoms with van der Waals surface area (Å²) >= 11 is 0. The van der Waals surface area contributed by atoms with E-state index >= 15 is 0 Å². The topological polar surface area (TPSA) is 81.9 Å². The minimum absolute atomic E-state index is 0.0686. The Balaban J connectivity index is 1.83. The summed E-state index contributed by atoms with van der Waals surface area (Å²) in [4.78, 5) is 24.9. The van der Waals surface area contributed by atoms with Gasteiger partial charge in [0.15, 0.2) is 6.79 Å². The van der Waals surface area contributed by atoms with Crippen LogP contribution in [0.5, 0.6) is 5.75 Å². The van der Waals surface area contributed by atoms with E-state index in [0.29, 0.717) is 16.9 Å². The van der Waals surface area contributed by atoms with Crippen molar-refractivity contribution in [3.63, 3.8) is 0 Å². The van der Waals surface area contributed by atoms with Gasteiger partial charge >= 0.3 is 0 Å². The number of nitro benzene ring substituents is 1. The van der Waals surface area contributed by atoms with Gasteiger partial charge in [-0.1, -0.05) is 30.3 Å². The number of nitrogens with zero attached hydrogens (tertiary/aromatic N) is 2. The summed E-state index contributed by atoms with van der Waals surface area (Å²) in [7, 11) is 1.72. The van der Waals surface area contributed by atoms with Crippen LogP contribution in [0.15, 0.2) is 48.5 Å². The van der Waals surface area contributed by atoms with Crippen LogP contribution in [0.1, 0.15) is 29.7 Å². The molecule has 2 aromatic carbocycles. The van der Waals surface area contributed by atoms with Crippen LogP contribution >= 0.6 is 0 Å². The molecule has 1 heterocycles. The van der Waals surface area contributed by atoms with Crippen molar-refractivity contribution in [3.05, 3.63) is 75.3 Å². The van der Waals surface area contributed by atoms with Gasteiger partial charge in [0.1, 0.15) is 5.75 Å². The minimum atomic E-state index is -0.475. The first kappa shape index (κ1) is 18.6. The lowest BCUT2D eigenvalue weighted by atomic mass is 10.1. The molecule has 1 aliphatic heterocycles. The largest absolute Gasteiger partial charge is 0.467 e. The normalized spacial score (nSPS) is 14.3. The molecule has 7 heteroatoms. The van der Waals surface area contributed by atoms with Crippen molar-refractivity contribution in [2.45, 2.75) is 19.6 Å². The number of likely N-dealkylation sites (N-methyl/N-ethyl adjacent to an activating group) is 1. The molecule has 2 aromatic rings. The van der Waals surface area contributed by atoms with Crippen LogP contribution in [-0.4, -0.2) is 29.6 Å². The molecule has 0 saturated carbocycles. The molecule has 27 heavy (non-hydrogen) atoms. The highest BCUT2D eigenvalue weighted by atomic mass is 16.7. The van der Waals surface area contributed by atoms with Gasteiger partial charge in [-0.25, -0.2) is 0 Å². The molecule has 140 valence electrons. The maximum Gasteiger partial charge on any atom is 0.270 e. The quantitative estimate of drug-likeness (QED) is 0.457. The van der Waals surface area contributed by atoms with Gasteiger partial charge in [0.25, 0.3) is 5.69 Å². The molecule has 0 N–H and O–H groups in total. The Morgan fingerprint density at radius 1 is 1.30 bits per heavy atom. The fourth-order valence-electron chi connectivity index (χ4n) is 2.89. The van der Waals surface area contributed by atoms with E-state index in [0.717, 1.165) is 5.56 Å². The van der Waals surface area contributed by atoms with Crippen LogP contribution in [0.4, 0.5) is 5.69 Å². The highest BCUT2D eigenvalue weighted by Gasteiger charge is 2.20. The molecule has 3 rings (SSSR count). The van der Waals surface area contributed by atoms with Gasteiger partial charge in [-0.2, -0.15) is 0 Å². The number of ether oxygens (including phenoxy) is 2. The van der Waals surface area contributed by atoms with E-state index < -0.39 is 4.92 Å². The monoisotopic (exact) mass is 368 g/mol. The number of amides is 1. The SMILES string of the molecule is CC(c1ccccc1)N(C)C(=O)/C=C/c1cc([N+](=O)[O-])cc2c1OCOC2. The Hall–Kier alpha value is -3.19. The predicted molar refractivity (Wildman–Crippen MR) is 100 cm³/mol. The van der Waals surface area contributed by atoms with Crippen LogP contribution in [0.3, 0.4) is 0 Å². The number of fused-ring (bicyclic) bond motifs is 1. The Labute approximate surface area is 157 Å². The molecule has 0 radical (unpaired) electrons. The minimum Gasteiger partial charge on any atom is -0.467 e. The second-order valence-electron chi connectivity index (χ2n) is 6.26. The van der Waals surface area contributed by atoms with Crippen molar-refractivity contribution in [2.75, 3.05) is 13.8 Å². The summed E-state index contributed by atoms with van der Waals surface area (Å²) in [6.45, 7) is 2.25. The lowest BCUT2D eigenvalue weighted by molar-refractivity contribution is -0.385. The van der Waals surface area contributed by atoms with Crippen LogP contribution in [0.2, 0.25) is 0 Å². The van der Waals surface area contributed by atoms with Crippen molar-refractivity contribution >= 4 is 17.7 Å². The molecule has 0 aromatic heterocycles. The summed E-state index contributed by atoms with van der Waals surface area (Å²) in [6, 6.07) is 12.4. The van der Waals surface area contributed by atoms with Crippen molar-refractivity contribution in [2.24, 2.45) is 0 Å². The molecule has 1 amide bonds. The first-order chi connectivity index (χ1) is 13.0. The fourth-order valence-corrected chi connectivity index (χ4v) is 2.89. The summed E-state index contributed by atoms with van der Waals surface area (Å²) in [5.41, 5.74) is 2.03. The third kappa shape index (κ3) is 4.15. The van der Waals surface area contributed by atoms with Gasteiger partial charge in [-0.05, 0) is 18.6 Å². The Morgan fingerprint density at radius 2 is 2.04 bits per heavy atom. The zero-order chi connectivity index (χ0) is 19.4. The smallest absolute Gasteiger partial charge is 0.270 e. The van der Waals surface area contributed by atoms with E-state index in [1.54, 1.807) is 18.0 Å². The molecule has 1 aliphatic rings. The Bertz CT molecular complexity index is 879. The number of non-ortho nitro benzene ring substituents is 1. The molecule has 0 fully saturated rings. The standard InChI is InChI=1S/C20H20N2O5/c1-14(15-6-4-3-5-7-15)21(2)19(23)9-8-16-10-18(22(24)25)11-17-12-26-13-27-20(16)17/h3-11,14H,12-13H2,1-2H3/b9-8+. The molecule has 1 atom stereocenters. The Kier molecular flexibility index (Phi) is 5.52. The fraction of sp³-hybridized carbons (Fsp3) is 0.250. The van der Waals surface area contributed by atoms with E-state index in [2.05, 4.69) is 0 Å². The third-order valence-corrected chi connectivity index (χ3v) is 4.55. The van der Waals surface area contributed by atoms with Crippen LogP contribution in [-0.2, 0) is 16.1 Å². The average molecular weight is 368 g/mol. The summed E-state index contributed by atoms with van der Waals surface area (Å²) in [6.07, 6.45) is 2.95. The highest BCUT2D eigenvalue weighted by Crippen LogP contribution is 2.33. The lowest BCUT2D eigenvalue weighted by Crippen LogP contribution is -2.27. The summed E-state index contributed by atoms with van der Waals surface area (Å²) in [5, 5.41) is 11.2. The van der Waals surface area contributed by atoms with Gasteiger partial charge < -0.3 is 14.4 Å². The zero-order valence-corrected chi connectivity index (χ0v) is 15.1. The van der Waals surface area contributed by atoms with E-state index in [1.807, 2.05) is 37.3 Å². The lowest BCUT2D eigenvalue weighted by Gasteiger charge is -2.24. The van der Waals surface area contributed by atoms with Gasteiger partial charge in [-0.3, -0.25) is 14.9 Å². The van der Waals surface area contributed by atoms with Gasteiger partial charge in [0.05, 0.1) is 17.6 Å². The van der Waals surface area contributed by atoms with Crippen LogP contribution in [0.25, 0.3) is 6.08 Å². The van der Waals surface area contributed by atoms with E-state index in [4.69, 9.17) is 9.47 Å². The molecule has 0 spiro atoms. The maximum atomic E-state index is 12.6. The molecule has 0 saturated heterocycles. The van der Waals surface area contributed by atoms with Crippen LogP contribution < -0.4 is 4.74 Å².